The molecular formula is C23H24N4O3. The summed E-state index contributed by atoms with van der Waals surface area (Å²) in [6.07, 6.45) is 0.985. The Morgan fingerprint density at radius 1 is 1.20 bits per heavy atom. The molecule has 1 N–H and O–H groups in total. The standard InChI is InChI=1S/C23H24N4O3/c1-16(2)17-9-11-18(12-10-17)30-15-21(28)25-26-22-19-7-3-4-8-20(19)27(23(22)29)14-6-5-13-24/h3-4,7-12,16,29H,5-6,14-15H2,1-2H3. The van der Waals surface area contributed by atoms with Gasteiger partial charge < -0.3 is 14.4 Å². The quantitative estimate of drug-likeness (QED) is 0.398. The van der Waals surface area contributed by atoms with Crippen LogP contribution in [0.4, 0.5) is 5.69 Å². The summed E-state index contributed by atoms with van der Waals surface area (Å²) < 4.78 is 7.16. The van der Waals surface area contributed by atoms with Crippen LogP contribution in [0.3, 0.4) is 0 Å². The summed E-state index contributed by atoms with van der Waals surface area (Å²) >= 11 is 0. The number of azo groups is 1. The van der Waals surface area contributed by atoms with Crippen molar-refractivity contribution in [2.75, 3.05) is 6.61 Å². The molecule has 7 nitrogen and oxygen atoms in total. The highest BCUT2D eigenvalue weighted by molar-refractivity contribution is 5.95. The predicted octanol–water partition coefficient (Wildman–Crippen LogP) is 5.46. The molecule has 0 aliphatic rings. The zero-order chi connectivity index (χ0) is 21.5. The van der Waals surface area contributed by atoms with Gasteiger partial charge in [0.05, 0.1) is 11.6 Å². The van der Waals surface area contributed by atoms with Gasteiger partial charge in [0.1, 0.15) is 5.75 Å². The molecule has 0 saturated carbocycles. The molecule has 154 valence electrons. The fourth-order valence-corrected chi connectivity index (χ4v) is 3.14. The Hall–Kier alpha value is -3.66. The highest BCUT2D eigenvalue weighted by atomic mass is 16.5. The van der Waals surface area contributed by atoms with Crippen molar-refractivity contribution >= 4 is 22.5 Å². The number of carbonyl (C=O) groups excluding carboxylic acids is 1. The Morgan fingerprint density at radius 3 is 2.63 bits per heavy atom. The summed E-state index contributed by atoms with van der Waals surface area (Å²) in [5.41, 5.74) is 2.20. The molecule has 3 rings (SSSR count). The number of aryl methyl sites for hydroxylation is 1. The molecule has 0 bridgehead atoms. The van der Waals surface area contributed by atoms with Crippen LogP contribution in [0.25, 0.3) is 10.9 Å². The Bertz CT molecular complexity index is 1090. The fourth-order valence-electron chi connectivity index (χ4n) is 3.14. The van der Waals surface area contributed by atoms with E-state index in [0.717, 1.165) is 5.52 Å². The molecule has 1 heterocycles. The van der Waals surface area contributed by atoms with Crippen LogP contribution < -0.4 is 4.74 Å². The largest absolute Gasteiger partial charge is 0.493 e. The number of aromatic hydroxyl groups is 1. The average Bonchev–Trinajstić information content (AvgIpc) is 3.02. The second-order valence-electron chi connectivity index (χ2n) is 7.21. The first-order chi connectivity index (χ1) is 14.5. The average molecular weight is 404 g/mol. The highest BCUT2D eigenvalue weighted by Gasteiger charge is 2.16. The Labute approximate surface area is 175 Å². The van der Waals surface area contributed by atoms with Crippen LogP contribution in [-0.2, 0) is 11.3 Å². The summed E-state index contributed by atoms with van der Waals surface area (Å²) in [5, 5.41) is 27.7. The number of ether oxygens (including phenoxy) is 1. The van der Waals surface area contributed by atoms with Gasteiger partial charge in [-0.3, -0.25) is 4.79 Å². The Morgan fingerprint density at radius 2 is 1.93 bits per heavy atom. The van der Waals surface area contributed by atoms with Crippen molar-refractivity contribution in [1.82, 2.24) is 4.57 Å². The second-order valence-corrected chi connectivity index (χ2v) is 7.21. The molecule has 0 fully saturated rings. The summed E-state index contributed by atoms with van der Waals surface area (Å²) in [4.78, 5) is 12.1. The monoisotopic (exact) mass is 404 g/mol. The van der Waals surface area contributed by atoms with Gasteiger partial charge in [0.25, 0.3) is 0 Å². The Balaban J connectivity index is 1.71. The molecule has 30 heavy (non-hydrogen) atoms. The fraction of sp³-hybridized carbons (Fsp3) is 0.304. The second kappa shape index (κ2) is 9.70. The molecule has 1 amide bonds. The molecule has 0 unspecified atom stereocenters. The lowest BCUT2D eigenvalue weighted by atomic mass is 10.0. The van der Waals surface area contributed by atoms with E-state index in [1.165, 1.54) is 5.56 Å². The number of hydrogen-bond acceptors (Lipinski definition) is 5. The lowest BCUT2D eigenvalue weighted by molar-refractivity contribution is -0.120. The van der Waals surface area contributed by atoms with Crippen molar-refractivity contribution in [2.24, 2.45) is 10.2 Å². The van der Waals surface area contributed by atoms with E-state index in [0.29, 0.717) is 36.4 Å². The van der Waals surface area contributed by atoms with Gasteiger partial charge in [-0.05, 0) is 36.1 Å². The maximum Gasteiger partial charge on any atom is 0.302 e. The molecule has 7 heteroatoms. The molecule has 0 aliphatic heterocycles. The number of unbranched alkanes of at least 4 members (excludes halogenated alkanes) is 1. The maximum atomic E-state index is 12.1. The summed E-state index contributed by atoms with van der Waals surface area (Å²) in [5.74, 6) is 0.378. The number of carbonyl (C=O) groups is 1. The van der Waals surface area contributed by atoms with Gasteiger partial charge in [-0.1, -0.05) is 44.2 Å². The van der Waals surface area contributed by atoms with Crippen LogP contribution in [0.2, 0.25) is 0 Å². The summed E-state index contributed by atoms with van der Waals surface area (Å²) in [7, 11) is 0. The lowest BCUT2D eigenvalue weighted by Gasteiger charge is -2.07. The number of nitrogens with zero attached hydrogens (tertiary/aromatic N) is 4. The Kier molecular flexibility index (Phi) is 6.81. The minimum atomic E-state index is -0.552. The third kappa shape index (κ3) is 4.84. The SMILES string of the molecule is CC(C)c1ccc(OCC(=O)N=Nc2c(O)n(CCCC#N)c3ccccc23)cc1. The van der Waals surface area contributed by atoms with Crippen molar-refractivity contribution in [1.29, 1.82) is 5.26 Å². The smallest absolute Gasteiger partial charge is 0.302 e. The molecule has 0 saturated heterocycles. The zero-order valence-corrected chi connectivity index (χ0v) is 17.1. The van der Waals surface area contributed by atoms with Crippen molar-refractivity contribution < 1.29 is 14.6 Å². The zero-order valence-electron chi connectivity index (χ0n) is 17.1. The molecule has 0 spiro atoms. The van der Waals surface area contributed by atoms with E-state index >= 15 is 0 Å². The summed E-state index contributed by atoms with van der Waals surface area (Å²) in [6.45, 7) is 4.44. The number of benzene rings is 2. The number of amides is 1. The minimum Gasteiger partial charge on any atom is -0.493 e. The van der Waals surface area contributed by atoms with Crippen LogP contribution in [0, 0.1) is 11.3 Å². The third-order valence-electron chi connectivity index (χ3n) is 4.76. The van der Waals surface area contributed by atoms with Gasteiger partial charge in [-0.15, -0.1) is 10.2 Å². The summed E-state index contributed by atoms with van der Waals surface area (Å²) in [6, 6.07) is 17.0. The molecule has 3 aromatic rings. The molecule has 0 aliphatic carbocycles. The van der Waals surface area contributed by atoms with Gasteiger partial charge in [0.15, 0.2) is 12.3 Å². The third-order valence-corrected chi connectivity index (χ3v) is 4.76. The van der Waals surface area contributed by atoms with E-state index in [1.54, 1.807) is 10.6 Å². The van der Waals surface area contributed by atoms with E-state index in [2.05, 4.69) is 30.1 Å². The first-order valence-electron chi connectivity index (χ1n) is 9.85. The van der Waals surface area contributed by atoms with Crippen LogP contribution in [-0.4, -0.2) is 22.2 Å². The maximum absolute atomic E-state index is 12.1. The van der Waals surface area contributed by atoms with Gasteiger partial charge in [-0.25, -0.2) is 0 Å². The van der Waals surface area contributed by atoms with Crippen molar-refractivity contribution in [3.8, 4) is 17.7 Å². The van der Waals surface area contributed by atoms with Gasteiger partial charge in [-0.2, -0.15) is 5.26 Å². The number of rotatable bonds is 8. The first-order valence-corrected chi connectivity index (χ1v) is 9.85. The number of aromatic nitrogens is 1. The van der Waals surface area contributed by atoms with Crippen molar-refractivity contribution in [3.63, 3.8) is 0 Å². The number of hydrogen-bond donors (Lipinski definition) is 1. The molecule has 2 aromatic carbocycles. The van der Waals surface area contributed by atoms with Crippen LogP contribution in [0.5, 0.6) is 11.6 Å². The van der Waals surface area contributed by atoms with Gasteiger partial charge in [0.2, 0.25) is 5.88 Å². The van der Waals surface area contributed by atoms with Crippen LogP contribution in [0.1, 0.15) is 38.2 Å². The molecular weight excluding hydrogens is 380 g/mol. The van der Waals surface area contributed by atoms with Crippen LogP contribution >= 0.6 is 0 Å². The molecule has 0 atom stereocenters. The predicted molar refractivity (Wildman–Crippen MR) is 114 cm³/mol. The first kappa shape index (κ1) is 21.1. The normalized spacial score (nSPS) is 11.3. The molecule has 1 aromatic heterocycles. The van der Waals surface area contributed by atoms with E-state index in [9.17, 15) is 9.90 Å². The molecule has 0 radical (unpaired) electrons. The number of fused-ring (bicyclic) bond motifs is 1. The number of nitriles is 1. The van der Waals surface area contributed by atoms with E-state index in [4.69, 9.17) is 10.00 Å². The van der Waals surface area contributed by atoms with Gasteiger partial charge >= 0.3 is 5.91 Å². The number of para-hydroxylation sites is 1. The van der Waals surface area contributed by atoms with Crippen molar-refractivity contribution in [2.45, 2.75) is 39.2 Å². The highest BCUT2D eigenvalue weighted by Crippen LogP contribution is 2.39. The lowest BCUT2D eigenvalue weighted by Crippen LogP contribution is -2.07. The van der Waals surface area contributed by atoms with E-state index in [-0.39, 0.29) is 18.2 Å². The van der Waals surface area contributed by atoms with Gasteiger partial charge in [0, 0.05) is 18.4 Å². The van der Waals surface area contributed by atoms with Crippen molar-refractivity contribution in [3.05, 3.63) is 54.1 Å². The van der Waals surface area contributed by atoms with Crippen LogP contribution in [0.15, 0.2) is 58.8 Å². The topological polar surface area (TPSA) is 100.0 Å². The van der Waals surface area contributed by atoms with E-state index < -0.39 is 5.91 Å². The minimum absolute atomic E-state index is 0.0733. The van der Waals surface area contributed by atoms with E-state index in [1.807, 2.05) is 42.5 Å².